The lowest BCUT2D eigenvalue weighted by Crippen LogP contribution is -2.37. The molecule has 2 aromatic carbocycles. The predicted octanol–water partition coefficient (Wildman–Crippen LogP) is 5.29. The summed E-state index contributed by atoms with van der Waals surface area (Å²) in [7, 11) is 3.11. The first-order valence-corrected chi connectivity index (χ1v) is 11.0. The number of nitrogens with zero attached hydrogens (tertiary/aromatic N) is 2. The minimum atomic E-state index is -4.40. The Morgan fingerprint density at radius 2 is 1.79 bits per heavy atom. The zero-order valence-electron chi connectivity index (χ0n) is 19.7. The van der Waals surface area contributed by atoms with Crippen LogP contribution in [0.5, 0.6) is 11.5 Å². The van der Waals surface area contributed by atoms with Gasteiger partial charge in [0.05, 0.1) is 32.0 Å². The maximum absolute atomic E-state index is 12.9. The van der Waals surface area contributed by atoms with Crippen molar-refractivity contribution in [2.45, 2.75) is 45.5 Å². The number of amides is 1. The Kier molecular flexibility index (Phi) is 8.06. The molecule has 0 spiro atoms. The molecule has 2 aromatic rings. The molecule has 0 saturated carbocycles. The van der Waals surface area contributed by atoms with Crippen LogP contribution in [0.1, 0.15) is 43.4 Å². The number of carbonyl (C=O) groups is 1. The zero-order valence-corrected chi connectivity index (χ0v) is 19.7. The van der Waals surface area contributed by atoms with Gasteiger partial charge in [0.1, 0.15) is 0 Å². The van der Waals surface area contributed by atoms with E-state index in [1.54, 1.807) is 25.2 Å². The number of benzene rings is 2. The van der Waals surface area contributed by atoms with Gasteiger partial charge < -0.3 is 19.2 Å². The first-order valence-electron chi connectivity index (χ1n) is 11.0. The third kappa shape index (κ3) is 6.42. The molecule has 1 amide bonds. The van der Waals surface area contributed by atoms with Gasteiger partial charge in [-0.1, -0.05) is 31.1 Å². The van der Waals surface area contributed by atoms with Crippen molar-refractivity contribution in [3.63, 3.8) is 0 Å². The molecular formula is C25H29F3N2O4. The number of alkyl halides is 3. The van der Waals surface area contributed by atoms with E-state index in [1.165, 1.54) is 12.1 Å². The highest BCUT2D eigenvalue weighted by Crippen LogP contribution is 2.31. The summed E-state index contributed by atoms with van der Waals surface area (Å²) in [6.07, 6.45) is -3.96. The number of ether oxygens (including phenoxy) is 2. The molecule has 0 aromatic heterocycles. The van der Waals surface area contributed by atoms with Crippen LogP contribution in [0.3, 0.4) is 0 Å². The molecule has 184 valence electrons. The number of hydrogen-bond acceptors (Lipinski definition) is 5. The lowest BCUT2D eigenvalue weighted by molar-refractivity contribution is -0.138. The molecule has 6 nitrogen and oxygen atoms in total. The van der Waals surface area contributed by atoms with Gasteiger partial charge >= 0.3 is 6.18 Å². The third-order valence-corrected chi connectivity index (χ3v) is 5.46. The van der Waals surface area contributed by atoms with Gasteiger partial charge in [0.15, 0.2) is 17.6 Å². The van der Waals surface area contributed by atoms with E-state index in [9.17, 15) is 18.0 Å². The fraction of sp³-hybridized carbons (Fsp3) is 0.440. The number of methoxy groups -OCH3 is 2. The molecule has 1 heterocycles. The molecule has 0 saturated heterocycles. The molecular weight excluding hydrogens is 449 g/mol. The monoisotopic (exact) mass is 478 g/mol. The van der Waals surface area contributed by atoms with Crippen molar-refractivity contribution in [2.75, 3.05) is 20.8 Å². The average molecular weight is 479 g/mol. The van der Waals surface area contributed by atoms with Crippen molar-refractivity contribution in [1.82, 2.24) is 4.90 Å². The summed E-state index contributed by atoms with van der Waals surface area (Å²) in [5.41, 5.74) is 1.44. The van der Waals surface area contributed by atoms with Gasteiger partial charge in [-0.3, -0.25) is 4.79 Å². The largest absolute Gasteiger partial charge is 0.493 e. The summed E-state index contributed by atoms with van der Waals surface area (Å²) < 4.78 is 49.3. The number of rotatable bonds is 9. The smallest absolute Gasteiger partial charge is 0.416 e. The van der Waals surface area contributed by atoms with Gasteiger partial charge in [-0.2, -0.15) is 13.2 Å². The second-order valence-corrected chi connectivity index (χ2v) is 8.61. The number of carbonyl (C=O) groups excluding carboxylic acids is 1. The highest BCUT2D eigenvalue weighted by Gasteiger charge is 2.31. The Morgan fingerprint density at radius 3 is 2.38 bits per heavy atom. The number of halogens is 3. The van der Waals surface area contributed by atoms with Crippen LogP contribution in [0.25, 0.3) is 0 Å². The molecule has 1 atom stereocenters. The molecule has 1 aliphatic heterocycles. The van der Waals surface area contributed by atoms with Crippen molar-refractivity contribution in [3.05, 3.63) is 59.2 Å². The quantitative estimate of drug-likeness (QED) is 0.491. The van der Waals surface area contributed by atoms with E-state index in [0.717, 1.165) is 23.4 Å². The Labute approximate surface area is 197 Å². The van der Waals surface area contributed by atoms with Crippen molar-refractivity contribution in [2.24, 2.45) is 11.1 Å². The zero-order chi connectivity index (χ0) is 24.9. The van der Waals surface area contributed by atoms with E-state index >= 15 is 0 Å². The molecule has 0 fully saturated rings. The molecule has 34 heavy (non-hydrogen) atoms. The Bertz CT molecular complexity index is 1020. The first kappa shape index (κ1) is 25.4. The molecule has 0 aliphatic carbocycles. The maximum atomic E-state index is 12.9. The Morgan fingerprint density at radius 1 is 1.12 bits per heavy atom. The van der Waals surface area contributed by atoms with E-state index in [1.807, 2.05) is 26.0 Å². The number of hydrogen-bond donors (Lipinski definition) is 0. The summed E-state index contributed by atoms with van der Waals surface area (Å²) in [5.74, 6) is 1.23. The average Bonchev–Trinajstić information content (AvgIpc) is 3.26. The van der Waals surface area contributed by atoms with Crippen molar-refractivity contribution < 1.29 is 32.3 Å². The fourth-order valence-electron chi connectivity index (χ4n) is 3.71. The molecule has 1 aliphatic rings. The van der Waals surface area contributed by atoms with Crippen LogP contribution in [0, 0.1) is 5.92 Å². The first-order chi connectivity index (χ1) is 16.1. The van der Waals surface area contributed by atoms with Crippen LogP contribution in [0.15, 0.2) is 47.6 Å². The van der Waals surface area contributed by atoms with Crippen LogP contribution in [-0.2, 0) is 22.4 Å². The van der Waals surface area contributed by atoms with E-state index in [2.05, 4.69) is 5.16 Å². The summed E-state index contributed by atoms with van der Waals surface area (Å²) in [4.78, 5) is 20.1. The van der Waals surface area contributed by atoms with E-state index < -0.39 is 11.7 Å². The highest BCUT2D eigenvalue weighted by molar-refractivity contribution is 6.01. The second kappa shape index (κ2) is 10.8. The molecule has 0 unspecified atom stereocenters. The van der Waals surface area contributed by atoms with Gasteiger partial charge in [0.2, 0.25) is 5.91 Å². The fourth-order valence-corrected chi connectivity index (χ4v) is 3.71. The van der Waals surface area contributed by atoms with Crippen LogP contribution < -0.4 is 9.47 Å². The molecule has 0 N–H and O–H groups in total. The van der Waals surface area contributed by atoms with Gasteiger partial charge in [0.25, 0.3) is 0 Å². The van der Waals surface area contributed by atoms with Crippen molar-refractivity contribution >= 4 is 11.6 Å². The summed E-state index contributed by atoms with van der Waals surface area (Å²) in [6, 6.07) is 10.3. The molecule has 3 rings (SSSR count). The van der Waals surface area contributed by atoms with E-state index in [4.69, 9.17) is 14.3 Å². The second-order valence-electron chi connectivity index (χ2n) is 8.61. The van der Waals surface area contributed by atoms with Gasteiger partial charge in [-0.25, -0.2) is 0 Å². The van der Waals surface area contributed by atoms with Crippen LogP contribution >= 0.6 is 0 Å². The van der Waals surface area contributed by atoms with Crippen molar-refractivity contribution in [1.29, 1.82) is 0 Å². The molecule has 9 heteroatoms. The topological polar surface area (TPSA) is 60.4 Å². The predicted molar refractivity (Wildman–Crippen MR) is 122 cm³/mol. The van der Waals surface area contributed by atoms with Crippen LogP contribution in [-0.4, -0.2) is 43.4 Å². The van der Waals surface area contributed by atoms with Gasteiger partial charge in [-0.05, 0) is 41.8 Å². The normalized spacial score (nSPS) is 15.6. The SMILES string of the molecule is COc1ccc(C2=NO[C@@H](CN(Cc3ccc(C(F)(F)F)cc3)C(=O)CC(C)C)C2)cc1OC. The number of oxime groups is 1. The minimum Gasteiger partial charge on any atom is -0.493 e. The van der Waals surface area contributed by atoms with Crippen LogP contribution in [0.2, 0.25) is 0 Å². The summed E-state index contributed by atoms with van der Waals surface area (Å²) in [6.45, 7) is 4.35. The Hall–Kier alpha value is -3.23. The minimum absolute atomic E-state index is 0.0851. The standard InChI is InChI=1S/C25H29F3N2O4/c1-16(2)11-24(31)30(14-17-5-8-19(9-6-17)25(26,27)28)15-20-13-21(29-34-20)18-7-10-22(32-3)23(12-18)33-4/h5-10,12,16,20H,11,13-15H2,1-4H3/t20-/m1/s1. The summed E-state index contributed by atoms with van der Waals surface area (Å²) >= 11 is 0. The maximum Gasteiger partial charge on any atom is 0.416 e. The van der Waals surface area contributed by atoms with Gasteiger partial charge in [0, 0.05) is 24.9 Å². The summed E-state index contributed by atoms with van der Waals surface area (Å²) in [5, 5.41) is 4.19. The van der Waals surface area contributed by atoms with E-state index in [0.29, 0.717) is 29.9 Å². The Balaban J connectivity index is 1.70. The van der Waals surface area contributed by atoms with Crippen LogP contribution in [0.4, 0.5) is 13.2 Å². The van der Waals surface area contributed by atoms with Crippen molar-refractivity contribution in [3.8, 4) is 11.5 Å². The van der Waals surface area contributed by atoms with Gasteiger partial charge in [-0.15, -0.1) is 0 Å². The highest BCUT2D eigenvalue weighted by atomic mass is 19.4. The lowest BCUT2D eigenvalue weighted by Gasteiger charge is -2.26. The molecule has 0 bridgehead atoms. The van der Waals surface area contributed by atoms with E-state index in [-0.39, 0.29) is 31.0 Å². The molecule has 0 radical (unpaired) electrons. The lowest BCUT2D eigenvalue weighted by atomic mass is 10.0. The third-order valence-electron chi connectivity index (χ3n) is 5.46.